The highest BCUT2D eigenvalue weighted by molar-refractivity contribution is 5.82. The number of carbonyl (C=O) groups excluding carboxylic acids is 1. The van der Waals surface area contributed by atoms with Gasteiger partial charge >= 0.3 is 5.97 Å². The van der Waals surface area contributed by atoms with Crippen molar-refractivity contribution < 1.29 is 9.53 Å². The highest BCUT2D eigenvalue weighted by Gasteiger charge is 2.52. The maximum Gasteiger partial charge on any atom is 0.327 e. The summed E-state index contributed by atoms with van der Waals surface area (Å²) in [6.45, 7) is 4.27. The Balaban J connectivity index is 2.11. The molecule has 80 valence electrons. The van der Waals surface area contributed by atoms with E-state index in [2.05, 4.69) is 4.90 Å². The second-order valence-electron chi connectivity index (χ2n) is 4.20. The van der Waals surface area contributed by atoms with Crippen LogP contribution < -0.4 is 5.73 Å². The van der Waals surface area contributed by atoms with Crippen LogP contribution in [0.3, 0.4) is 0 Å². The molecule has 2 unspecified atom stereocenters. The lowest BCUT2D eigenvalue weighted by Gasteiger charge is -2.28. The van der Waals surface area contributed by atoms with Gasteiger partial charge in [-0.15, -0.1) is 0 Å². The molecule has 14 heavy (non-hydrogen) atoms. The molecule has 4 nitrogen and oxygen atoms in total. The number of fused-ring (bicyclic) bond motifs is 1. The van der Waals surface area contributed by atoms with Gasteiger partial charge in [0.15, 0.2) is 0 Å². The Hall–Kier alpha value is -0.610. The van der Waals surface area contributed by atoms with E-state index in [0.717, 1.165) is 32.4 Å². The van der Waals surface area contributed by atoms with Crippen molar-refractivity contribution in [3.63, 3.8) is 0 Å². The second-order valence-corrected chi connectivity index (χ2v) is 4.20. The second kappa shape index (κ2) is 3.51. The molecule has 0 aromatic carbocycles. The minimum Gasteiger partial charge on any atom is -0.465 e. The van der Waals surface area contributed by atoms with Gasteiger partial charge in [0.25, 0.3) is 0 Å². The summed E-state index contributed by atoms with van der Waals surface area (Å²) in [5, 5.41) is 0. The van der Waals surface area contributed by atoms with Gasteiger partial charge < -0.3 is 10.5 Å². The standard InChI is InChI=1S/C10H18N2O2/c1-2-14-9(13)10(11)5-7-12-6-3-4-8(10)12/h8H,2-7,11H2,1H3. The Morgan fingerprint density at radius 2 is 2.43 bits per heavy atom. The molecule has 0 spiro atoms. The quantitative estimate of drug-likeness (QED) is 0.640. The summed E-state index contributed by atoms with van der Waals surface area (Å²) >= 11 is 0. The first kappa shape index (κ1) is 9.93. The van der Waals surface area contributed by atoms with E-state index in [1.54, 1.807) is 0 Å². The Morgan fingerprint density at radius 3 is 3.14 bits per heavy atom. The molecule has 2 N–H and O–H groups in total. The lowest BCUT2D eigenvalue weighted by Crippen LogP contribution is -2.56. The van der Waals surface area contributed by atoms with Gasteiger partial charge in [0.1, 0.15) is 5.54 Å². The van der Waals surface area contributed by atoms with Gasteiger partial charge in [0.2, 0.25) is 0 Å². The molecule has 0 radical (unpaired) electrons. The van der Waals surface area contributed by atoms with Gasteiger partial charge in [-0.1, -0.05) is 0 Å². The molecule has 0 aromatic heterocycles. The third kappa shape index (κ3) is 1.33. The lowest BCUT2D eigenvalue weighted by molar-refractivity contribution is -0.150. The summed E-state index contributed by atoms with van der Waals surface area (Å²) in [5.41, 5.74) is 5.43. The highest BCUT2D eigenvalue weighted by Crippen LogP contribution is 2.35. The van der Waals surface area contributed by atoms with E-state index in [4.69, 9.17) is 10.5 Å². The van der Waals surface area contributed by atoms with Crippen LogP contribution in [0.25, 0.3) is 0 Å². The first-order valence-electron chi connectivity index (χ1n) is 5.38. The van der Waals surface area contributed by atoms with Crippen molar-refractivity contribution in [3.05, 3.63) is 0 Å². The minimum absolute atomic E-state index is 0.214. The Kier molecular flexibility index (Phi) is 2.49. The smallest absolute Gasteiger partial charge is 0.327 e. The van der Waals surface area contributed by atoms with Crippen molar-refractivity contribution in [2.75, 3.05) is 19.7 Å². The van der Waals surface area contributed by atoms with Gasteiger partial charge in [0.05, 0.1) is 6.61 Å². The van der Waals surface area contributed by atoms with E-state index < -0.39 is 5.54 Å². The monoisotopic (exact) mass is 198 g/mol. The SMILES string of the molecule is CCOC(=O)C1(N)CCN2CCCC21. The first-order chi connectivity index (χ1) is 6.68. The van der Waals surface area contributed by atoms with Gasteiger partial charge in [-0.2, -0.15) is 0 Å². The van der Waals surface area contributed by atoms with Crippen LogP contribution >= 0.6 is 0 Å². The van der Waals surface area contributed by atoms with Gasteiger partial charge in [-0.25, -0.2) is 4.79 Å². The normalized spacial score (nSPS) is 37.1. The molecule has 0 aliphatic carbocycles. The Bertz CT molecular complexity index is 244. The van der Waals surface area contributed by atoms with Crippen molar-refractivity contribution in [1.29, 1.82) is 0 Å². The third-order valence-electron chi connectivity index (χ3n) is 3.43. The summed E-state index contributed by atoms with van der Waals surface area (Å²) < 4.78 is 5.05. The van der Waals surface area contributed by atoms with E-state index in [0.29, 0.717) is 6.61 Å². The lowest BCUT2D eigenvalue weighted by atomic mass is 9.90. The summed E-state index contributed by atoms with van der Waals surface area (Å²) in [5.74, 6) is -0.214. The van der Waals surface area contributed by atoms with Gasteiger partial charge in [-0.3, -0.25) is 4.90 Å². The third-order valence-corrected chi connectivity index (χ3v) is 3.43. The number of hydrogen-bond acceptors (Lipinski definition) is 4. The number of carbonyl (C=O) groups is 1. The molecule has 4 heteroatoms. The zero-order valence-corrected chi connectivity index (χ0v) is 8.66. The average Bonchev–Trinajstić information content (AvgIpc) is 2.71. The van der Waals surface area contributed by atoms with Crippen LogP contribution in [0.2, 0.25) is 0 Å². The van der Waals surface area contributed by atoms with Crippen LogP contribution in [0, 0.1) is 0 Å². The summed E-state index contributed by atoms with van der Waals surface area (Å²) in [6.07, 6.45) is 2.94. The maximum absolute atomic E-state index is 11.7. The molecule has 2 aliphatic heterocycles. The zero-order valence-electron chi connectivity index (χ0n) is 8.66. The largest absolute Gasteiger partial charge is 0.465 e. The van der Waals surface area contributed by atoms with Crippen molar-refractivity contribution in [1.82, 2.24) is 4.90 Å². The van der Waals surface area contributed by atoms with Crippen LogP contribution in [0.5, 0.6) is 0 Å². The molecule has 2 fully saturated rings. The zero-order chi connectivity index (χ0) is 10.2. The van der Waals surface area contributed by atoms with Crippen molar-refractivity contribution in [2.24, 2.45) is 5.73 Å². The summed E-state index contributed by atoms with van der Waals surface area (Å²) in [4.78, 5) is 14.1. The number of hydrogen-bond donors (Lipinski definition) is 1. The number of nitrogens with zero attached hydrogens (tertiary/aromatic N) is 1. The number of ether oxygens (including phenoxy) is 1. The van der Waals surface area contributed by atoms with Crippen LogP contribution in [0.15, 0.2) is 0 Å². The predicted molar refractivity (Wildman–Crippen MR) is 52.8 cm³/mol. The maximum atomic E-state index is 11.7. The van der Waals surface area contributed by atoms with Crippen molar-refractivity contribution >= 4 is 5.97 Å². The molecule has 2 heterocycles. The number of esters is 1. The first-order valence-corrected chi connectivity index (χ1v) is 5.38. The van der Waals surface area contributed by atoms with Crippen LogP contribution in [-0.2, 0) is 9.53 Å². The molecular weight excluding hydrogens is 180 g/mol. The van der Waals surface area contributed by atoms with Crippen LogP contribution in [0.4, 0.5) is 0 Å². The molecule has 2 aliphatic rings. The van der Waals surface area contributed by atoms with Crippen molar-refractivity contribution in [3.8, 4) is 0 Å². The number of rotatable bonds is 2. The van der Waals surface area contributed by atoms with Crippen LogP contribution in [-0.4, -0.2) is 42.1 Å². The molecule has 0 aromatic rings. The van der Waals surface area contributed by atoms with Crippen LogP contribution in [0.1, 0.15) is 26.2 Å². The topological polar surface area (TPSA) is 55.6 Å². The number of nitrogens with two attached hydrogens (primary N) is 1. The highest BCUT2D eigenvalue weighted by atomic mass is 16.5. The Labute approximate surface area is 84.4 Å². The summed E-state index contributed by atoms with van der Waals surface area (Å²) in [7, 11) is 0. The average molecular weight is 198 g/mol. The molecular formula is C10H18N2O2. The molecule has 0 amide bonds. The predicted octanol–water partition coefficient (Wildman–Crippen LogP) is 0.115. The molecule has 2 rings (SSSR count). The van der Waals surface area contributed by atoms with Gasteiger partial charge in [0, 0.05) is 12.6 Å². The van der Waals surface area contributed by atoms with E-state index in [1.807, 2.05) is 6.92 Å². The van der Waals surface area contributed by atoms with E-state index in [1.165, 1.54) is 0 Å². The van der Waals surface area contributed by atoms with Crippen molar-refractivity contribution in [2.45, 2.75) is 37.8 Å². The fraction of sp³-hybridized carbons (Fsp3) is 0.900. The Morgan fingerprint density at radius 1 is 1.64 bits per heavy atom. The minimum atomic E-state index is -0.730. The van der Waals surface area contributed by atoms with E-state index in [-0.39, 0.29) is 12.0 Å². The fourth-order valence-corrected chi connectivity index (χ4v) is 2.68. The van der Waals surface area contributed by atoms with E-state index >= 15 is 0 Å². The van der Waals surface area contributed by atoms with E-state index in [9.17, 15) is 4.79 Å². The summed E-state index contributed by atoms with van der Waals surface area (Å²) in [6, 6.07) is 0.224. The molecule has 2 saturated heterocycles. The fourth-order valence-electron chi connectivity index (χ4n) is 2.68. The molecule has 0 bridgehead atoms. The van der Waals surface area contributed by atoms with Gasteiger partial charge in [-0.05, 0) is 32.7 Å². The molecule has 2 atom stereocenters. The molecule has 0 saturated carbocycles.